The molecule has 0 saturated carbocycles. The van der Waals surface area contributed by atoms with Gasteiger partial charge in [-0.3, -0.25) is 0 Å². The molecule has 0 atom stereocenters. The van der Waals surface area contributed by atoms with Crippen molar-refractivity contribution in [2.45, 2.75) is 18.0 Å². The smallest absolute Gasteiger partial charge is 0.200 e. The van der Waals surface area contributed by atoms with E-state index in [2.05, 4.69) is 9.93 Å². The van der Waals surface area contributed by atoms with E-state index in [-0.39, 0.29) is 16.2 Å². The van der Waals surface area contributed by atoms with Crippen LogP contribution in [0.4, 0.5) is 13.2 Å². The number of aromatic nitrogens is 2. The SMILES string of the molecule is Cc1ccc(-c2cc(C(F)(F)F)nn2NS(=O)(=O)c2ccccc2)cc1Cl. The van der Waals surface area contributed by atoms with Crippen LogP contribution in [0, 0.1) is 6.92 Å². The van der Waals surface area contributed by atoms with Gasteiger partial charge in [-0.05, 0) is 36.8 Å². The Labute approximate surface area is 158 Å². The molecule has 0 bridgehead atoms. The highest BCUT2D eigenvalue weighted by molar-refractivity contribution is 7.92. The maximum Gasteiger partial charge on any atom is 0.435 e. The van der Waals surface area contributed by atoms with Crippen LogP contribution in [0.2, 0.25) is 5.02 Å². The first-order chi connectivity index (χ1) is 12.6. The number of nitrogens with zero attached hydrogens (tertiary/aromatic N) is 2. The van der Waals surface area contributed by atoms with Crippen LogP contribution >= 0.6 is 11.6 Å². The molecule has 0 saturated heterocycles. The van der Waals surface area contributed by atoms with Crippen LogP contribution in [0.5, 0.6) is 0 Å². The van der Waals surface area contributed by atoms with Gasteiger partial charge in [-0.25, -0.2) is 0 Å². The van der Waals surface area contributed by atoms with Gasteiger partial charge < -0.3 is 0 Å². The molecule has 1 aromatic heterocycles. The van der Waals surface area contributed by atoms with Crippen molar-refractivity contribution in [2.24, 2.45) is 0 Å². The highest BCUT2D eigenvalue weighted by Gasteiger charge is 2.35. The van der Waals surface area contributed by atoms with E-state index < -0.39 is 21.9 Å². The van der Waals surface area contributed by atoms with Crippen LogP contribution in [-0.4, -0.2) is 18.3 Å². The lowest BCUT2D eigenvalue weighted by molar-refractivity contribution is -0.141. The van der Waals surface area contributed by atoms with E-state index in [4.69, 9.17) is 11.6 Å². The monoisotopic (exact) mass is 415 g/mol. The van der Waals surface area contributed by atoms with Gasteiger partial charge in [0.15, 0.2) is 5.69 Å². The van der Waals surface area contributed by atoms with Crippen molar-refractivity contribution in [1.29, 1.82) is 0 Å². The number of alkyl halides is 3. The average molecular weight is 416 g/mol. The number of halogens is 4. The summed E-state index contributed by atoms with van der Waals surface area (Å²) >= 11 is 6.05. The Bertz CT molecular complexity index is 1080. The fourth-order valence-electron chi connectivity index (χ4n) is 2.31. The number of hydrogen-bond acceptors (Lipinski definition) is 3. The Kier molecular flexibility index (Phi) is 4.92. The maximum atomic E-state index is 13.1. The quantitative estimate of drug-likeness (QED) is 0.684. The summed E-state index contributed by atoms with van der Waals surface area (Å²) in [5.41, 5.74) is -0.314. The normalized spacial score (nSPS) is 12.2. The number of nitrogens with one attached hydrogen (secondary N) is 1. The standard InChI is InChI=1S/C17H13ClF3N3O2S/c1-11-7-8-12(9-14(11)18)15-10-16(17(19,20)21)22-24(15)23-27(25,26)13-5-3-2-4-6-13/h2-10,23H,1H3. The van der Waals surface area contributed by atoms with Gasteiger partial charge in [0.1, 0.15) is 0 Å². The highest BCUT2D eigenvalue weighted by atomic mass is 35.5. The molecule has 142 valence electrons. The number of sulfonamides is 1. The fraction of sp³-hybridized carbons (Fsp3) is 0.118. The topological polar surface area (TPSA) is 64.0 Å². The lowest BCUT2D eigenvalue weighted by Gasteiger charge is -2.11. The largest absolute Gasteiger partial charge is 0.435 e. The average Bonchev–Trinajstić information content (AvgIpc) is 3.01. The van der Waals surface area contributed by atoms with Crippen LogP contribution in [0.3, 0.4) is 0 Å². The molecule has 0 radical (unpaired) electrons. The second-order valence-electron chi connectivity index (χ2n) is 5.70. The highest BCUT2D eigenvalue weighted by Crippen LogP contribution is 2.33. The molecule has 3 rings (SSSR count). The minimum absolute atomic E-state index is 0.0938. The van der Waals surface area contributed by atoms with Gasteiger partial charge in [0.25, 0.3) is 10.0 Å². The lowest BCUT2D eigenvalue weighted by Crippen LogP contribution is -2.25. The minimum Gasteiger partial charge on any atom is -0.200 e. The Balaban J connectivity index is 2.11. The molecule has 3 aromatic rings. The van der Waals surface area contributed by atoms with E-state index in [1.807, 2.05) is 0 Å². The Morgan fingerprint density at radius 3 is 2.33 bits per heavy atom. The zero-order valence-electron chi connectivity index (χ0n) is 13.8. The van der Waals surface area contributed by atoms with Crippen molar-refractivity contribution in [3.8, 4) is 11.3 Å². The molecule has 10 heteroatoms. The van der Waals surface area contributed by atoms with Crippen molar-refractivity contribution < 1.29 is 21.6 Å². The summed E-state index contributed by atoms with van der Waals surface area (Å²) in [6, 6.07) is 12.6. The van der Waals surface area contributed by atoms with Gasteiger partial charge in [-0.2, -0.15) is 31.2 Å². The van der Waals surface area contributed by atoms with Crippen molar-refractivity contribution in [3.63, 3.8) is 0 Å². The van der Waals surface area contributed by atoms with Crippen LogP contribution in [0.1, 0.15) is 11.3 Å². The predicted molar refractivity (Wildman–Crippen MR) is 95.4 cm³/mol. The van der Waals surface area contributed by atoms with Crippen molar-refractivity contribution >= 4 is 21.6 Å². The van der Waals surface area contributed by atoms with Gasteiger partial charge in [-0.15, -0.1) is 5.10 Å². The van der Waals surface area contributed by atoms with Crippen LogP contribution in [-0.2, 0) is 16.2 Å². The zero-order valence-corrected chi connectivity index (χ0v) is 15.4. The molecule has 5 nitrogen and oxygen atoms in total. The summed E-state index contributed by atoms with van der Waals surface area (Å²) in [5.74, 6) is 0. The number of hydrogen-bond donors (Lipinski definition) is 1. The fourth-order valence-corrected chi connectivity index (χ4v) is 3.48. The van der Waals surface area contributed by atoms with Crippen molar-refractivity contribution in [1.82, 2.24) is 9.89 Å². The molecule has 0 aliphatic heterocycles. The van der Waals surface area contributed by atoms with E-state index in [0.717, 1.165) is 11.6 Å². The van der Waals surface area contributed by atoms with Gasteiger partial charge in [0, 0.05) is 10.6 Å². The molecule has 27 heavy (non-hydrogen) atoms. The summed E-state index contributed by atoms with van der Waals surface area (Å²) in [5, 5.41) is 3.71. The van der Waals surface area contributed by atoms with Crippen LogP contribution < -0.4 is 4.83 Å². The van der Waals surface area contributed by atoms with E-state index in [9.17, 15) is 21.6 Å². The number of benzene rings is 2. The molecule has 1 heterocycles. The molecule has 0 fully saturated rings. The lowest BCUT2D eigenvalue weighted by atomic mass is 10.1. The molecule has 0 unspecified atom stereocenters. The van der Waals surface area contributed by atoms with Gasteiger partial charge in [-0.1, -0.05) is 41.9 Å². The van der Waals surface area contributed by atoms with E-state index in [0.29, 0.717) is 9.81 Å². The zero-order chi connectivity index (χ0) is 19.8. The molecular formula is C17H13ClF3N3O2S. The summed E-state index contributed by atoms with van der Waals surface area (Å²) in [6.45, 7) is 1.74. The van der Waals surface area contributed by atoms with Gasteiger partial charge in [0.05, 0.1) is 10.6 Å². The maximum absolute atomic E-state index is 13.1. The third-order valence-corrected chi connectivity index (χ3v) is 5.44. The number of rotatable bonds is 4. The van der Waals surface area contributed by atoms with Crippen LogP contribution in [0.15, 0.2) is 59.5 Å². The predicted octanol–water partition coefficient (Wildman–Crippen LogP) is 4.46. The van der Waals surface area contributed by atoms with E-state index >= 15 is 0 Å². The molecule has 0 aliphatic rings. The first-order valence-electron chi connectivity index (χ1n) is 7.59. The summed E-state index contributed by atoms with van der Waals surface area (Å²) in [7, 11) is -4.14. The Morgan fingerprint density at radius 2 is 1.74 bits per heavy atom. The van der Waals surface area contributed by atoms with E-state index in [1.165, 1.54) is 36.4 Å². The van der Waals surface area contributed by atoms with Gasteiger partial charge in [0.2, 0.25) is 0 Å². The molecule has 1 N–H and O–H groups in total. The second kappa shape index (κ2) is 6.90. The third-order valence-electron chi connectivity index (χ3n) is 3.73. The Hall–Kier alpha value is -2.52. The third kappa shape index (κ3) is 4.09. The van der Waals surface area contributed by atoms with Crippen molar-refractivity contribution in [3.05, 3.63) is 70.9 Å². The van der Waals surface area contributed by atoms with Crippen LogP contribution in [0.25, 0.3) is 11.3 Å². The molecular weight excluding hydrogens is 403 g/mol. The number of aryl methyl sites for hydroxylation is 1. The molecule has 2 aromatic carbocycles. The molecule has 0 spiro atoms. The van der Waals surface area contributed by atoms with Crippen molar-refractivity contribution in [2.75, 3.05) is 4.83 Å². The molecule has 0 amide bonds. The Morgan fingerprint density at radius 1 is 1.07 bits per heavy atom. The summed E-state index contributed by atoms with van der Waals surface area (Å²) in [4.78, 5) is 2.54. The van der Waals surface area contributed by atoms with Gasteiger partial charge >= 0.3 is 6.18 Å². The minimum atomic E-state index is -4.74. The summed E-state index contributed by atoms with van der Waals surface area (Å²) < 4.78 is 64.3. The van der Waals surface area contributed by atoms with E-state index in [1.54, 1.807) is 19.1 Å². The molecule has 0 aliphatic carbocycles. The first-order valence-corrected chi connectivity index (χ1v) is 9.46. The summed E-state index contributed by atoms with van der Waals surface area (Å²) in [6.07, 6.45) is -4.74. The second-order valence-corrected chi connectivity index (χ2v) is 7.76. The first kappa shape index (κ1) is 19.2.